The van der Waals surface area contributed by atoms with Gasteiger partial charge in [0.1, 0.15) is 18.5 Å². The minimum Gasteiger partial charge on any atom is -0.462 e. The minimum absolute atomic E-state index is 0.0708. The SMILES string of the molecule is [C-]#[N+]C[C@H]1CN(c2nc(OC[C@@H]3CCCN3C)nc3cc(-c4cccc5c4C4CCCC4C5)ccc23)CCN1C(=O)C(=C)F. The van der Waals surface area contributed by atoms with Gasteiger partial charge in [-0.05, 0) is 91.9 Å². The number of hydrogen-bond acceptors (Lipinski definition) is 6. The fourth-order valence-electron chi connectivity index (χ4n) is 8.08. The van der Waals surface area contributed by atoms with Gasteiger partial charge in [-0.1, -0.05) is 37.3 Å². The fourth-order valence-corrected chi connectivity index (χ4v) is 8.08. The van der Waals surface area contributed by atoms with Crippen LogP contribution in [0.2, 0.25) is 0 Å². The topological polar surface area (TPSA) is 66.2 Å². The zero-order valence-corrected chi connectivity index (χ0v) is 25.3. The monoisotopic (exact) mass is 594 g/mol. The Kier molecular flexibility index (Phi) is 7.71. The molecule has 1 saturated carbocycles. The van der Waals surface area contributed by atoms with Gasteiger partial charge >= 0.3 is 6.01 Å². The standard InChI is InChI=1S/C35H39FN6O2/c1-22(36)34(43)42-16-15-41(20-27(42)19-37-2)33-30-13-12-24(29-11-5-8-25-17-23-7-4-10-28(23)32(25)29)18-31(30)38-35(39-33)44-21-26-9-6-14-40(26)3/h5,8,11-13,18,23,26-28H,1,4,6-7,9-10,14-17,19-21H2,3H3/t23?,26-,27-,28?/m0/s1. The molecule has 4 atom stereocenters. The van der Waals surface area contributed by atoms with E-state index in [1.807, 2.05) is 0 Å². The normalized spacial score (nSPS) is 24.8. The highest BCUT2D eigenvalue weighted by molar-refractivity contribution is 5.94. The molecule has 7 rings (SSSR count). The van der Waals surface area contributed by atoms with Crippen LogP contribution in [0.1, 0.15) is 49.1 Å². The molecule has 1 amide bonds. The second-order valence-corrected chi connectivity index (χ2v) is 12.9. The molecule has 2 aliphatic carbocycles. The van der Waals surface area contributed by atoms with Crippen molar-refractivity contribution < 1.29 is 13.9 Å². The molecule has 3 heterocycles. The lowest BCUT2D eigenvalue weighted by atomic mass is 9.89. The molecule has 44 heavy (non-hydrogen) atoms. The predicted octanol–water partition coefficient (Wildman–Crippen LogP) is 5.63. The van der Waals surface area contributed by atoms with Crippen LogP contribution in [0.4, 0.5) is 10.2 Å². The van der Waals surface area contributed by atoms with E-state index < -0.39 is 17.8 Å². The molecule has 0 spiro atoms. The molecule has 1 aromatic heterocycles. The number of fused-ring (bicyclic) bond motifs is 4. The summed E-state index contributed by atoms with van der Waals surface area (Å²) in [4.78, 5) is 31.8. The summed E-state index contributed by atoms with van der Waals surface area (Å²) < 4.78 is 20.1. The summed E-state index contributed by atoms with van der Waals surface area (Å²) >= 11 is 0. The van der Waals surface area contributed by atoms with Gasteiger partial charge in [0, 0.05) is 31.1 Å². The number of rotatable bonds is 7. The zero-order valence-electron chi connectivity index (χ0n) is 25.3. The van der Waals surface area contributed by atoms with Crippen molar-refractivity contribution in [3.05, 3.63) is 71.3 Å². The van der Waals surface area contributed by atoms with Crippen molar-refractivity contribution in [2.24, 2.45) is 5.92 Å². The van der Waals surface area contributed by atoms with Gasteiger partial charge in [-0.2, -0.15) is 9.97 Å². The Hall–Kier alpha value is -4.03. The number of piperazine rings is 1. The molecule has 3 fully saturated rings. The van der Waals surface area contributed by atoms with E-state index in [0.717, 1.165) is 41.8 Å². The number of carbonyl (C=O) groups is 1. The van der Waals surface area contributed by atoms with E-state index in [1.165, 1.54) is 47.3 Å². The van der Waals surface area contributed by atoms with Crippen LogP contribution < -0.4 is 9.64 Å². The maximum Gasteiger partial charge on any atom is 0.319 e. The van der Waals surface area contributed by atoms with Crippen molar-refractivity contribution in [2.75, 3.05) is 51.3 Å². The second kappa shape index (κ2) is 11.8. The minimum atomic E-state index is -1.00. The molecule has 9 heteroatoms. The predicted molar refractivity (Wildman–Crippen MR) is 169 cm³/mol. The summed E-state index contributed by atoms with van der Waals surface area (Å²) in [5.74, 6) is 0.362. The first kappa shape index (κ1) is 28.7. The number of hydrogen-bond donors (Lipinski definition) is 0. The number of aromatic nitrogens is 2. The molecule has 3 aromatic rings. The number of ether oxygens (including phenoxy) is 1. The molecule has 4 aliphatic rings. The van der Waals surface area contributed by atoms with Gasteiger partial charge in [-0.25, -0.2) is 11.0 Å². The quantitative estimate of drug-likeness (QED) is 0.261. The van der Waals surface area contributed by atoms with Crippen molar-refractivity contribution in [2.45, 2.75) is 56.5 Å². The smallest absolute Gasteiger partial charge is 0.319 e. The summed E-state index contributed by atoms with van der Waals surface area (Å²) in [6.07, 6.45) is 7.29. The first-order valence-corrected chi connectivity index (χ1v) is 15.9. The lowest BCUT2D eigenvalue weighted by molar-refractivity contribution is -0.131. The number of halogens is 1. The van der Waals surface area contributed by atoms with Crippen LogP contribution in [0.25, 0.3) is 26.9 Å². The molecule has 0 N–H and O–H groups in total. The summed E-state index contributed by atoms with van der Waals surface area (Å²) in [5.41, 5.74) is 6.25. The summed E-state index contributed by atoms with van der Waals surface area (Å²) in [5, 5.41) is 0.890. The number of benzene rings is 2. The molecule has 2 aromatic carbocycles. The number of likely N-dealkylation sites (N-methyl/N-ethyl adjacent to an activating group) is 1. The fraction of sp³-hybridized carbons (Fsp3) is 0.486. The van der Waals surface area contributed by atoms with E-state index >= 15 is 0 Å². The Morgan fingerprint density at radius 3 is 2.80 bits per heavy atom. The Morgan fingerprint density at radius 1 is 1.11 bits per heavy atom. The van der Waals surface area contributed by atoms with Crippen molar-refractivity contribution >= 4 is 22.6 Å². The number of amides is 1. The van der Waals surface area contributed by atoms with Crippen molar-refractivity contribution in [3.63, 3.8) is 0 Å². The number of nitrogens with zero attached hydrogens (tertiary/aromatic N) is 6. The van der Waals surface area contributed by atoms with Crippen molar-refractivity contribution in [3.8, 4) is 17.1 Å². The third-order valence-electron chi connectivity index (χ3n) is 10.3. The molecule has 2 saturated heterocycles. The van der Waals surface area contributed by atoms with Crippen LogP contribution in [0, 0.1) is 12.5 Å². The van der Waals surface area contributed by atoms with Crippen LogP contribution >= 0.6 is 0 Å². The van der Waals surface area contributed by atoms with Crippen LogP contribution in [-0.2, 0) is 11.2 Å². The van der Waals surface area contributed by atoms with E-state index in [9.17, 15) is 9.18 Å². The molecule has 228 valence electrons. The van der Waals surface area contributed by atoms with Crippen molar-refractivity contribution in [1.82, 2.24) is 19.8 Å². The molecule has 2 unspecified atom stereocenters. The summed E-state index contributed by atoms with van der Waals surface area (Å²) in [6, 6.07) is 13.3. The third-order valence-corrected chi connectivity index (χ3v) is 10.3. The average molecular weight is 595 g/mol. The summed E-state index contributed by atoms with van der Waals surface area (Å²) in [7, 11) is 2.12. The zero-order chi connectivity index (χ0) is 30.4. The molecule has 8 nitrogen and oxygen atoms in total. The lowest BCUT2D eigenvalue weighted by Gasteiger charge is -2.39. The highest BCUT2D eigenvalue weighted by Crippen LogP contribution is 2.51. The summed E-state index contributed by atoms with van der Waals surface area (Å²) in [6.45, 7) is 13.4. The number of likely N-dealkylation sites (tertiary alicyclic amines) is 1. The van der Waals surface area contributed by atoms with E-state index in [1.54, 1.807) is 0 Å². The Morgan fingerprint density at radius 2 is 2.00 bits per heavy atom. The van der Waals surface area contributed by atoms with Gasteiger partial charge in [-0.15, -0.1) is 0 Å². The second-order valence-electron chi connectivity index (χ2n) is 12.9. The van der Waals surface area contributed by atoms with Gasteiger partial charge in [-0.3, -0.25) is 4.79 Å². The first-order chi connectivity index (χ1) is 21.4. The van der Waals surface area contributed by atoms with E-state index in [2.05, 4.69) is 64.7 Å². The molecular weight excluding hydrogens is 555 g/mol. The highest BCUT2D eigenvalue weighted by Gasteiger charge is 2.38. The Bertz CT molecular complexity index is 1650. The van der Waals surface area contributed by atoms with E-state index in [4.69, 9.17) is 21.3 Å². The largest absolute Gasteiger partial charge is 0.462 e. The van der Waals surface area contributed by atoms with Crippen LogP contribution in [0.5, 0.6) is 6.01 Å². The van der Waals surface area contributed by atoms with Crippen LogP contribution in [0.15, 0.2) is 48.8 Å². The van der Waals surface area contributed by atoms with Gasteiger partial charge in [0.2, 0.25) is 6.54 Å². The van der Waals surface area contributed by atoms with Crippen molar-refractivity contribution in [1.29, 1.82) is 0 Å². The average Bonchev–Trinajstić information content (AvgIpc) is 3.75. The van der Waals surface area contributed by atoms with Crippen LogP contribution in [-0.4, -0.2) is 84.1 Å². The maximum absolute atomic E-state index is 13.8. The lowest BCUT2D eigenvalue weighted by Crippen LogP contribution is -2.56. The molecule has 0 bridgehead atoms. The highest BCUT2D eigenvalue weighted by atomic mass is 19.1. The van der Waals surface area contributed by atoms with E-state index in [0.29, 0.717) is 43.5 Å². The molecular formula is C35H39FN6O2. The first-order valence-electron chi connectivity index (χ1n) is 15.9. The maximum atomic E-state index is 13.8. The molecule has 0 radical (unpaired) electrons. The Labute approximate surface area is 258 Å². The third kappa shape index (κ3) is 5.19. The van der Waals surface area contributed by atoms with E-state index in [-0.39, 0.29) is 13.1 Å². The van der Waals surface area contributed by atoms with Gasteiger partial charge in [0.15, 0.2) is 5.83 Å². The van der Waals surface area contributed by atoms with Crippen LogP contribution in [0.3, 0.4) is 0 Å². The van der Waals surface area contributed by atoms with Gasteiger partial charge < -0.3 is 24.3 Å². The molecule has 2 aliphatic heterocycles. The Balaban J connectivity index is 1.27. The van der Waals surface area contributed by atoms with Gasteiger partial charge in [0.05, 0.1) is 5.52 Å². The van der Waals surface area contributed by atoms with Gasteiger partial charge in [0.25, 0.3) is 5.91 Å². The number of anilines is 1. The number of carbonyl (C=O) groups excluding carboxylic acids is 1.